The van der Waals surface area contributed by atoms with Gasteiger partial charge in [0.1, 0.15) is 5.75 Å². The summed E-state index contributed by atoms with van der Waals surface area (Å²) in [4.78, 5) is 34.1. The zero-order valence-corrected chi connectivity index (χ0v) is 17.9. The van der Waals surface area contributed by atoms with Gasteiger partial charge in [0.15, 0.2) is 0 Å². The van der Waals surface area contributed by atoms with E-state index in [1.165, 1.54) is 0 Å². The van der Waals surface area contributed by atoms with Crippen molar-refractivity contribution in [1.82, 2.24) is 14.8 Å². The number of carbonyl (C=O) groups is 2. The fourth-order valence-electron chi connectivity index (χ4n) is 4.42. The first kappa shape index (κ1) is 21.3. The number of morpholine rings is 1. The third-order valence-corrected chi connectivity index (χ3v) is 6.10. The Morgan fingerprint density at radius 1 is 1.16 bits per heavy atom. The van der Waals surface area contributed by atoms with Gasteiger partial charge in [-0.3, -0.25) is 14.6 Å². The van der Waals surface area contributed by atoms with E-state index in [-0.39, 0.29) is 24.0 Å². The lowest BCUT2D eigenvalue weighted by atomic mass is 10.1. The second-order valence-corrected chi connectivity index (χ2v) is 8.11. The Bertz CT molecular complexity index is 881. The van der Waals surface area contributed by atoms with Gasteiger partial charge in [-0.25, -0.2) is 0 Å². The largest absolute Gasteiger partial charge is 0.497 e. The topological polar surface area (TPSA) is 72.0 Å². The standard InChI is InChI=1S/C24H29N3O4/c1-30-21-10-8-18(9-11-21)23(28)26-13-14-31-22(16-26)17-27(20-6-2-3-7-20)24(29)19-5-4-12-25-15-19/h4-5,8-12,15,20,22H,2-3,6-7,13-14,16-17H2,1H3. The molecule has 0 N–H and O–H groups in total. The van der Waals surface area contributed by atoms with E-state index in [4.69, 9.17) is 9.47 Å². The van der Waals surface area contributed by atoms with Crippen molar-refractivity contribution in [2.75, 3.05) is 33.4 Å². The number of methoxy groups -OCH3 is 1. The molecular formula is C24H29N3O4. The van der Waals surface area contributed by atoms with Crippen molar-refractivity contribution < 1.29 is 19.1 Å². The molecule has 7 heteroatoms. The van der Waals surface area contributed by atoms with Crippen LogP contribution < -0.4 is 4.74 Å². The molecule has 1 saturated carbocycles. The molecule has 0 radical (unpaired) electrons. The number of aromatic nitrogens is 1. The van der Waals surface area contributed by atoms with Crippen molar-refractivity contribution in [3.8, 4) is 5.75 Å². The maximum absolute atomic E-state index is 13.2. The first-order valence-electron chi connectivity index (χ1n) is 10.9. The summed E-state index contributed by atoms with van der Waals surface area (Å²) >= 11 is 0. The van der Waals surface area contributed by atoms with Crippen molar-refractivity contribution in [2.45, 2.75) is 37.8 Å². The predicted molar refractivity (Wildman–Crippen MR) is 116 cm³/mol. The van der Waals surface area contributed by atoms with Crippen LogP contribution in [-0.4, -0.2) is 72.1 Å². The van der Waals surface area contributed by atoms with E-state index >= 15 is 0 Å². The Balaban J connectivity index is 1.45. The molecule has 2 amide bonds. The quantitative estimate of drug-likeness (QED) is 0.714. The Morgan fingerprint density at radius 3 is 2.61 bits per heavy atom. The van der Waals surface area contributed by atoms with Gasteiger partial charge >= 0.3 is 0 Å². The number of carbonyl (C=O) groups excluding carboxylic acids is 2. The molecule has 1 atom stereocenters. The maximum atomic E-state index is 13.2. The van der Waals surface area contributed by atoms with Gasteiger partial charge in [-0.1, -0.05) is 12.8 Å². The van der Waals surface area contributed by atoms with E-state index in [1.54, 1.807) is 55.9 Å². The molecule has 1 aliphatic carbocycles. The molecular weight excluding hydrogens is 394 g/mol. The van der Waals surface area contributed by atoms with E-state index in [2.05, 4.69) is 4.98 Å². The highest BCUT2D eigenvalue weighted by atomic mass is 16.5. The fraction of sp³-hybridized carbons (Fsp3) is 0.458. The number of amides is 2. The van der Waals surface area contributed by atoms with Gasteiger partial charge in [-0.2, -0.15) is 0 Å². The Kier molecular flexibility index (Phi) is 6.82. The fourth-order valence-corrected chi connectivity index (χ4v) is 4.42. The first-order chi connectivity index (χ1) is 15.2. The van der Waals surface area contributed by atoms with Crippen LogP contribution in [0.4, 0.5) is 0 Å². The van der Waals surface area contributed by atoms with Gasteiger partial charge in [0.25, 0.3) is 11.8 Å². The van der Waals surface area contributed by atoms with Crippen LogP contribution in [0.15, 0.2) is 48.8 Å². The highest BCUT2D eigenvalue weighted by molar-refractivity contribution is 5.95. The van der Waals surface area contributed by atoms with Crippen LogP contribution in [0.2, 0.25) is 0 Å². The minimum Gasteiger partial charge on any atom is -0.497 e. The highest BCUT2D eigenvalue weighted by Crippen LogP contribution is 2.26. The smallest absolute Gasteiger partial charge is 0.255 e. The van der Waals surface area contributed by atoms with Gasteiger partial charge in [-0.15, -0.1) is 0 Å². The zero-order chi connectivity index (χ0) is 21.6. The molecule has 1 saturated heterocycles. The number of benzene rings is 1. The SMILES string of the molecule is COc1ccc(C(=O)N2CCOC(CN(C(=O)c3cccnc3)C3CCCC3)C2)cc1. The van der Waals surface area contributed by atoms with Crippen molar-refractivity contribution in [1.29, 1.82) is 0 Å². The number of ether oxygens (including phenoxy) is 2. The van der Waals surface area contributed by atoms with E-state index in [1.807, 2.05) is 9.80 Å². The van der Waals surface area contributed by atoms with Crippen LogP contribution in [0.3, 0.4) is 0 Å². The number of hydrogen-bond acceptors (Lipinski definition) is 5. The number of hydrogen-bond donors (Lipinski definition) is 0. The molecule has 164 valence electrons. The Labute approximate surface area is 183 Å². The molecule has 31 heavy (non-hydrogen) atoms. The molecule has 0 bridgehead atoms. The average molecular weight is 424 g/mol. The summed E-state index contributed by atoms with van der Waals surface area (Å²) in [5.41, 5.74) is 1.22. The van der Waals surface area contributed by atoms with Crippen molar-refractivity contribution in [3.05, 3.63) is 59.9 Å². The van der Waals surface area contributed by atoms with Crippen LogP contribution in [-0.2, 0) is 4.74 Å². The van der Waals surface area contributed by atoms with Crippen LogP contribution in [0.25, 0.3) is 0 Å². The third-order valence-electron chi connectivity index (χ3n) is 6.10. The Morgan fingerprint density at radius 2 is 1.94 bits per heavy atom. The molecule has 1 aliphatic heterocycles. The van der Waals surface area contributed by atoms with Crippen molar-refractivity contribution in [2.24, 2.45) is 0 Å². The molecule has 2 aliphatic rings. The number of pyridine rings is 1. The number of rotatable bonds is 6. The number of nitrogens with zero attached hydrogens (tertiary/aromatic N) is 3. The third kappa shape index (κ3) is 5.05. The van der Waals surface area contributed by atoms with E-state index in [0.717, 1.165) is 31.4 Å². The average Bonchev–Trinajstić information content (AvgIpc) is 3.37. The summed E-state index contributed by atoms with van der Waals surface area (Å²) < 4.78 is 11.2. The molecule has 0 spiro atoms. The second kappa shape index (κ2) is 9.92. The summed E-state index contributed by atoms with van der Waals surface area (Å²) in [5, 5.41) is 0. The zero-order valence-electron chi connectivity index (χ0n) is 17.9. The van der Waals surface area contributed by atoms with Gasteiger partial charge in [0, 0.05) is 43.6 Å². The molecule has 1 aromatic carbocycles. The minimum atomic E-state index is -0.211. The lowest BCUT2D eigenvalue weighted by Crippen LogP contribution is -2.52. The summed E-state index contributed by atoms with van der Waals surface area (Å²) in [5.74, 6) is 0.682. The van der Waals surface area contributed by atoms with Crippen molar-refractivity contribution in [3.63, 3.8) is 0 Å². The first-order valence-corrected chi connectivity index (χ1v) is 10.9. The summed E-state index contributed by atoms with van der Waals surface area (Å²) in [6.07, 6.45) is 7.36. The lowest BCUT2D eigenvalue weighted by Gasteiger charge is -2.38. The lowest BCUT2D eigenvalue weighted by molar-refractivity contribution is -0.0371. The molecule has 7 nitrogen and oxygen atoms in total. The second-order valence-electron chi connectivity index (χ2n) is 8.11. The molecule has 2 aromatic rings. The van der Waals surface area contributed by atoms with Crippen LogP contribution in [0.5, 0.6) is 5.75 Å². The summed E-state index contributed by atoms with van der Waals surface area (Å²) in [7, 11) is 1.60. The van der Waals surface area contributed by atoms with E-state index < -0.39 is 0 Å². The molecule has 2 heterocycles. The van der Waals surface area contributed by atoms with Gasteiger partial charge in [0.2, 0.25) is 0 Å². The Hall–Kier alpha value is -2.93. The van der Waals surface area contributed by atoms with Crippen LogP contribution >= 0.6 is 0 Å². The van der Waals surface area contributed by atoms with Gasteiger partial charge in [-0.05, 0) is 49.2 Å². The monoisotopic (exact) mass is 423 g/mol. The predicted octanol–water partition coefficient (Wildman–Crippen LogP) is 3.02. The highest BCUT2D eigenvalue weighted by Gasteiger charge is 2.33. The molecule has 1 aromatic heterocycles. The van der Waals surface area contributed by atoms with E-state index in [9.17, 15) is 9.59 Å². The summed E-state index contributed by atoms with van der Waals surface area (Å²) in [6.45, 7) is 1.95. The maximum Gasteiger partial charge on any atom is 0.255 e. The normalized spacial score (nSPS) is 19.3. The minimum absolute atomic E-state index is 0.0118. The van der Waals surface area contributed by atoms with Crippen LogP contribution in [0.1, 0.15) is 46.4 Å². The summed E-state index contributed by atoms with van der Waals surface area (Å²) in [6, 6.07) is 10.9. The van der Waals surface area contributed by atoms with Gasteiger partial charge < -0.3 is 19.3 Å². The molecule has 4 rings (SSSR count). The molecule has 1 unspecified atom stereocenters. The van der Waals surface area contributed by atoms with Gasteiger partial charge in [0.05, 0.1) is 25.4 Å². The van der Waals surface area contributed by atoms with Crippen LogP contribution in [0, 0.1) is 0 Å². The molecule has 2 fully saturated rings. The van der Waals surface area contributed by atoms with E-state index in [0.29, 0.717) is 37.4 Å². The van der Waals surface area contributed by atoms with Crippen molar-refractivity contribution >= 4 is 11.8 Å².